The van der Waals surface area contributed by atoms with Crippen molar-refractivity contribution in [3.05, 3.63) is 34.9 Å². The van der Waals surface area contributed by atoms with Gasteiger partial charge in [-0.05, 0) is 19.1 Å². The Hall–Kier alpha value is -1.39. The summed E-state index contributed by atoms with van der Waals surface area (Å²) in [5, 5.41) is 11.9. The molecular formula is C13H16ClNO3. The number of rotatable bonds is 6. The molecule has 0 saturated carbocycles. The van der Waals surface area contributed by atoms with Crippen molar-refractivity contribution in [2.45, 2.75) is 25.8 Å². The van der Waals surface area contributed by atoms with Gasteiger partial charge in [0.05, 0.1) is 6.61 Å². The Balaban J connectivity index is 2.44. The molecule has 0 aliphatic rings. The molecule has 1 amide bonds. The van der Waals surface area contributed by atoms with E-state index in [9.17, 15) is 9.59 Å². The van der Waals surface area contributed by atoms with Gasteiger partial charge in [0.1, 0.15) is 0 Å². The molecule has 0 radical (unpaired) electrons. The molecule has 0 bridgehead atoms. The fraction of sp³-hybridized carbons (Fsp3) is 0.385. The number of hydrogen-bond donors (Lipinski definition) is 2. The Labute approximate surface area is 111 Å². The predicted octanol–water partition coefficient (Wildman–Crippen LogP) is 1.80. The van der Waals surface area contributed by atoms with Gasteiger partial charge >= 0.3 is 0 Å². The van der Waals surface area contributed by atoms with Gasteiger partial charge in [0.15, 0.2) is 5.78 Å². The van der Waals surface area contributed by atoms with E-state index in [0.717, 1.165) is 0 Å². The molecule has 0 aromatic heterocycles. The number of carbonyl (C=O) groups is 2. The van der Waals surface area contributed by atoms with Crippen LogP contribution in [-0.4, -0.2) is 29.4 Å². The van der Waals surface area contributed by atoms with E-state index in [-0.39, 0.29) is 37.2 Å². The first kappa shape index (κ1) is 14.7. The molecule has 18 heavy (non-hydrogen) atoms. The monoisotopic (exact) mass is 269 g/mol. The summed E-state index contributed by atoms with van der Waals surface area (Å²) in [6.07, 6.45) is 0.236. The minimum Gasteiger partial charge on any atom is -0.394 e. The van der Waals surface area contributed by atoms with Gasteiger partial charge in [0.25, 0.3) is 0 Å². The summed E-state index contributed by atoms with van der Waals surface area (Å²) in [5.74, 6) is -0.365. The van der Waals surface area contributed by atoms with Crippen LogP contribution in [0.15, 0.2) is 24.3 Å². The highest BCUT2D eigenvalue weighted by Crippen LogP contribution is 2.13. The lowest BCUT2D eigenvalue weighted by molar-refractivity contribution is -0.121. The maximum atomic E-state index is 11.8. The van der Waals surface area contributed by atoms with Gasteiger partial charge in [0.2, 0.25) is 5.91 Å². The largest absolute Gasteiger partial charge is 0.394 e. The van der Waals surface area contributed by atoms with E-state index in [1.165, 1.54) is 0 Å². The van der Waals surface area contributed by atoms with Crippen LogP contribution < -0.4 is 5.32 Å². The summed E-state index contributed by atoms with van der Waals surface area (Å²) in [5.41, 5.74) is 0.505. The third-order valence-corrected chi connectivity index (χ3v) is 2.64. The fourth-order valence-corrected chi connectivity index (χ4v) is 1.62. The highest BCUT2D eigenvalue weighted by atomic mass is 35.5. The van der Waals surface area contributed by atoms with Crippen LogP contribution in [0, 0.1) is 0 Å². The zero-order valence-electron chi connectivity index (χ0n) is 10.1. The molecular weight excluding hydrogens is 254 g/mol. The van der Waals surface area contributed by atoms with Crippen molar-refractivity contribution in [1.29, 1.82) is 0 Å². The van der Waals surface area contributed by atoms with E-state index in [4.69, 9.17) is 16.7 Å². The first-order valence-corrected chi connectivity index (χ1v) is 6.09. The Bertz CT molecular complexity index is 434. The molecule has 1 aromatic carbocycles. The Morgan fingerprint density at radius 1 is 1.39 bits per heavy atom. The molecule has 5 heteroatoms. The average Bonchev–Trinajstić information content (AvgIpc) is 2.35. The number of ketones is 1. The third kappa shape index (κ3) is 4.85. The molecule has 4 nitrogen and oxygen atoms in total. The number of aliphatic hydroxyl groups is 1. The quantitative estimate of drug-likeness (QED) is 0.774. The van der Waals surface area contributed by atoms with Crippen molar-refractivity contribution >= 4 is 23.3 Å². The summed E-state index contributed by atoms with van der Waals surface area (Å²) in [7, 11) is 0. The van der Waals surface area contributed by atoms with E-state index in [1.54, 1.807) is 31.2 Å². The Kier molecular flexibility index (Phi) is 5.82. The lowest BCUT2D eigenvalue weighted by Crippen LogP contribution is -2.35. The summed E-state index contributed by atoms with van der Waals surface area (Å²) >= 11 is 5.78. The number of halogens is 1. The number of nitrogens with one attached hydrogen (secondary N) is 1. The van der Waals surface area contributed by atoms with Crippen molar-refractivity contribution < 1.29 is 14.7 Å². The maximum Gasteiger partial charge on any atom is 0.220 e. The number of benzene rings is 1. The van der Waals surface area contributed by atoms with E-state index < -0.39 is 0 Å². The van der Waals surface area contributed by atoms with Crippen molar-refractivity contribution in [2.24, 2.45) is 0 Å². The van der Waals surface area contributed by atoms with E-state index in [1.807, 2.05) is 0 Å². The van der Waals surface area contributed by atoms with Crippen LogP contribution in [0.1, 0.15) is 30.1 Å². The molecule has 0 aliphatic carbocycles. The van der Waals surface area contributed by atoms with Crippen LogP contribution >= 0.6 is 11.6 Å². The fourth-order valence-electron chi connectivity index (χ4n) is 1.43. The molecule has 98 valence electrons. The molecule has 0 aliphatic heterocycles. The highest BCUT2D eigenvalue weighted by molar-refractivity contribution is 6.31. The first-order chi connectivity index (χ1) is 8.52. The molecule has 1 rings (SSSR count). The standard InChI is InChI=1S/C13H16ClNO3/c1-9(8-16)15-13(18)6-5-12(17)10-3-2-4-11(14)7-10/h2-4,7,9,16H,5-6,8H2,1H3,(H,15,18). The minimum atomic E-state index is -0.293. The first-order valence-electron chi connectivity index (χ1n) is 5.72. The SMILES string of the molecule is CC(CO)NC(=O)CCC(=O)c1cccc(Cl)c1. The van der Waals surface area contributed by atoms with Crippen molar-refractivity contribution in [3.63, 3.8) is 0 Å². The second-order valence-corrected chi connectivity index (χ2v) is 4.52. The zero-order chi connectivity index (χ0) is 13.5. The second kappa shape index (κ2) is 7.13. The van der Waals surface area contributed by atoms with E-state index in [0.29, 0.717) is 10.6 Å². The van der Waals surface area contributed by atoms with E-state index >= 15 is 0 Å². The van der Waals surface area contributed by atoms with Gasteiger partial charge in [0, 0.05) is 29.5 Å². The molecule has 0 fully saturated rings. The normalized spacial score (nSPS) is 11.9. The van der Waals surface area contributed by atoms with Gasteiger partial charge in [-0.25, -0.2) is 0 Å². The van der Waals surface area contributed by atoms with Gasteiger partial charge in [-0.1, -0.05) is 23.7 Å². The van der Waals surface area contributed by atoms with E-state index in [2.05, 4.69) is 5.32 Å². The minimum absolute atomic E-state index is 0.107. The topological polar surface area (TPSA) is 66.4 Å². The zero-order valence-corrected chi connectivity index (χ0v) is 10.9. The average molecular weight is 270 g/mol. The number of carbonyl (C=O) groups excluding carboxylic acids is 2. The summed E-state index contributed by atoms with van der Waals surface area (Å²) in [4.78, 5) is 23.2. The highest BCUT2D eigenvalue weighted by Gasteiger charge is 2.11. The molecule has 1 atom stereocenters. The van der Waals surface area contributed by atoms with Crippen molar-refractivity contribution in [3.8, 4) is 0 Å². The molecule has 0 spiro atoms. The molecule has 0 saturated heterocycles. The molecule has 0 heterocycles. The number of aliphatic hydroxyl groups excluding tert-OH is 1. The number of Topliss-reactive ketones (excluding diaryl/α,β-unsaturated/α-hetero) is 1. The summed E-state index contributed by atoms with van der Waals surface area (Å²) < 4.78 is 0. The van der Waals surface area contributed by atoms with Crippen molar-refractivity contribution in [2.75, 3.05) is 6.61 Å². The van der Waals surface area contributed by atoms with Gasteiger partial charge in [-0.15, -0.1) is 0 Å². The van der Waals surface area contributed by atoms with Crippen LogP contribution in [0.25, 0.3) is 0 Å². The van der Waals surface area contributed by atoms with Crippen LogP contribution in [0.2, 0.25) is 5.02 Å². The van der Waals surface area contributed by atoms with Gasteiger partial charge < -0.3 is 10.4 Å². The maximum absolute atomic E-state index is 11.8. The van der Waals surface area contributed by atoms with Crippen molar-refractivity contribution in [1.82, 2.24) is 5.32 Å². The third-order valence-electron chi connectivity index (χ3n) is 2.41. The van der Waals surface area contributed by atoms with Crippen LogP contribution in [0.3, 0.4) is 0 Å². The second-order valence-electron chi connectivity index (χ2n) is 4.08. The Morgan fingerprint density at radius 3 is 2.72 bits per heavy atom. The molecule has 1 unspecified atom stereocenters. The number of hydrogen-bond acceptors (Lipinski definition) is 3. The summed E-state index contributed by atoms with van der Waals surface area (Å²) in [6, 6.07) is 6.34. The van der Waals surface area contributed by atoms with Crippen LogP contribution in [0.5, 0.6) is 0 Å². The van der Waals surface area contributed by atoms with Gasteiger partial charge in [-0.2, -0.15) is 0 Å². The molecule has 1 aromatic rings. The lowest BCUT2D eigenvalue weighted by Gasteiger charge is -2.10. The Morgan fingerprint density at radius 2 is 2.11 bits per heavy atom. The van der Waals surface area contributed by atoms with Crippen LogP contribution in [-0.2, 0) is 4.79 Å². The smallest absolute Gasteiger partial charge is 0.220 e. The molecule has 2 N–H and O–H groups in total. The predicted molar refractivity (Wildman–Crippen MR) is 69.7 cm³/mol. The lowest BCUT2D eigenvalue weighted by atomic mass is 10.1. The van der Waals surface area contributed by atoms with Crippen LogP contribution in [0.4, 0.5) is 0 Å². The van der Waals surface area contributed by atoms with Gasteiger partial charge in [-0.3, -0.25) is 9.59 Å². The number of amides is 1. The summed E-state index contributed by atoms with van der Waals surface area (Å²) in [6.45, 7) is 1.57.